The maximum absolute atomic E-state index is 9.80. The highest BCUT2D eigenvalue weighted by Crippen LogP contribution is 2.26. The first-order chi connectivity index (χ1) is 9.88. The largest absolute Gasteiger partial charge is 0.491 e. The van der Waals surface area contributed by atoms with E-state index in [1.165, 1.54) is 0 Å². The van der Waals surface area contributed by atoms with Crippen molar-refractivity contribution in [2.75, 3.05) is 19.7 Å². The van der Waals surface area contributed by atoms with Crippen LogP contribution in [0.5, 0.6) is 5.75 Å². The molecule has 1 aromatic carbocycles. The molecule has 0 spiro atoms. The van der Waals surface area contributed by atoms with Gasteiger partial charge in [0.25, 0.3) is 0 Å². The van der Waals surface area contributed by atoms with Crippen LogP contribution in [0.1, 0.15) is 20.3 Å². The van der Waals surface area contributed by atoms with Crippen LogP contribution in [-0.2, 0) is 0 Å². The number of halogens is 2. The van der Waals surface area contributed by atoms with Crippen LogP contribution in [0.15, 0.2) is 18.2 Å². The molecule has 0 fully saturated rings. The number of aliphatic hydroxyl groups is 2. The van der Waals surface area contributed by atoms with Crippen molar-refractivity contribution in [1.29, 1.82) is 0 Å². The molecule has 2 atom stereocenters. The van der Waals surface area contributed by atoms with Crippen LogP contribution in [-0.4, -0.2) is 42.1 Å². The van der Waals surface area contributed by atoms with Crippen molar-refractivity contribution in [3.63, 3.8) is 0 Å². The first kappa shape index (κ1) is 18.5. The van der Waals surface area contributed by atoms with Crippen molar-refractivity contribution < 1.29 is 14.9 Å². The molecule has 0 saturated heterocycles. The Morgan fingerprint density at radius 2 is 1.76 bits per heavy atom. The number of aliphatic hydroxyl groups excluding tert-OH is 2. The number of hydrogen-bond donors (Lipinski definition) is 3. The molecule has 21 heavy (non-hydrogen) atoms. The van der Waals surface area contributed by atoms with Crippen molar-refractivity contribution in [3.8, 4) is 5.75 Å². The molecule has 1 rings (SSSR count). The zero-order valence-electron chi connectivity index (χ0n) is 12.4. The maximum atomic E-state index is 9.80. The van der Waals surface area contributed by atoms with Gasteiger partial charge in [-0.1, -0.05) is 37.0 Å². The fourth-order valence-corrected chi connectivity index (χ4v) is 2.15. The van der Waals surface area contributed by atoms with Crippen LogP contribution >= 0.6 is 23.2 Å². The maximum Gasteiger partial charge on any atom is 0.121 e. The Morgan fingerprint density at radius 1 is 1.10 bits per heavy atom. The average molecular weight is 336 g/mol. The van der Waals surface area contributed by atoms with E-state index >= 15 is 0 Å². The van der Waals surface area contributed by atoms with Crippen LogP contribution in [0.2, 0.25) is 10.0 Å². The highest BCUT2D eigenvalue weighted by molar-refractivity contribution is 6.42. The Bertz CT molecular complexity index is 429. The molecule has 4 nitrogen and oxygen atoms in total. The first-order valence-electron chi connectivity index (χ1n) is 7.03. The third-order valence-electron chi connectivity index (χ3n) is 2.84. The number of ether oxygens (including phenoxy) is 1. The molecule has 0 aromatic heterocycles. The van der Waals surface area contributed by atoms with Gasteiger partial charge in [-0.15, -0.1) is 0 Å². The SMILES string of the molecule is CC(C)CC(O)CNCC(O)COc1ccc(Cl)c(Cl)c1. The fourth-order valence-electron chi connectivity index (χ4n) is 1.86. The van der Waals surface area contributed by atoms with Gasteiger partial charge in [0, 0.05) is 19.2 Å². The van der Waals surface area contributed by atoms with Gasteiger partial charge in [0.1, 0.15) is 18.5 Å². The smallest absolute Gasteiger partial charge is 0.121 e. The van der Waals surface area contributed by atoms with Gasteiger partial charge in [0.05, 0.1) is 16.1 Å². The van der Waals surface area contributed by atoms with Gasteiger partial charge in [-0.25, -0.2) is 0 Å². The van der Waals surface area contributed by atoms with E-state index in [0.29, 0.717) is 34.8 Å². The summed E-state index contributed by atoms with van der Waals surface area (Å²) in [6, 6.07) is 4.95. The van der Waals surface area contributed by atoms with E-state index in [2.05, 4.69) is 19.2 Å². The molecular weight excluding hydrogens is 313 g/mol. The van der Waals surface area contributed by atoms with Crippen molar-refractivity contribution >= 4 is 23.2 Å². The summed E-state index contributed by atoms with van der Waals surface area (Å²) >= 11 is 11.7. The highest BCUT2D eigenvalue weighted by Gasteiger charge is 2.09. The molecule has 6 heteroatoms. The number of benzene rings is 1. The summed E-state index contributed by atoms with van der Waals surface area (Å²) in [5.74, 6) is 1.01. The third-order valence-corrected chi connectivity index (χ3v) is 3.58. The molecule has 0 heterocycles. The minimum Gasteiger partial charge on any atom is -0.491 e. The summed E-state index contributed by atoms with van der Waals surface area (Å²) in [5.41, 5.74) is 0. The van der Waals surface area contributed by atoms with Crippen LogP contribution in [0, 0.1) is 5.92 Å². The Hall–Kier alpha value is -0.520. The fraction of sp³-hybridized carbons (Fsp3) is 0.600. The van der Waals surface area contributed by atoms with Crippen LogP contribution < -0.4 is 10.1 Å². The number of nitrogens with one attached hydrogen (secondary N) is 1. The van der Waals surface area contributed by atoms with Crippen LogP contribution in [0.4, 0.5) is 0 Å². The Morgan fingerprint density at radius 3 is 2.38 bits per heavy atom. The van der Waals surface area contributed by atoms with Crippen molar-refractivity contribution in [3.05, 3.63) is 28.2 Å². The topological polar surface area (TPSA) is 61.7 Å². The normalized spacial score (nSPS) is 14.2. The lowest BCUT2D eigenvalue weighted by Crippen LogP contribution is -2.36. The molecular formula is C15H23Cl2NO3. The Kier molecular flexibility index (Phi) is 8.37. The molecule has 0 aliphatic carbocycles. The van der Waals surface area contributed by atoms with E-state index < -0.39 is 12.2 Å². The summed E-state index contributed by atoms with van der Waals surface area (Å²) in [6.07, 6.45) is -0.318. The van der Waals surface area contributed by atoms with Crippen LogP contribution in [0.25, 0.3) is 0 Å². The standard InChI is InChI=1S/C15H23Cl2NO3/c1-10(2)5-11(19)7-18-8-12(20)9-21-13-3-4-14(16)15(17)6-13/h3-4,6,10-12,18-20H,5,7-9H2,1-2H3. The van der Waals surface area contributed by atoms with Gasteiger partial charge in [0.15, 0.2) is 0 Å². The monoisotopic (exact) mass is 335 g/mol. The van der Waals surface area contributed by atoms with Crippen molar-refractivity contribution in [1.82, 2.24) is 5.32 Å². The van der Waals surface area contributed by atoms with Crippen molar-refractivity contribution in [2.24, 2.45) is 5.92 Å². The quantitative estimate of drug-likeness (QED) is 0.649. The van der Waals surface area contributed by atoms with Gasteiger partial charge in [-0.2, -0.15) is 0 Å². The number of hydrogen-bond acceptors (Lipinski definition) is 4. The average Bonchev–Trinajstić information content (AvgIpc) is 2.39. The summed E-state index contributed by atoms with van der Waals surface area (Å²) in [6.45, 7) is 5.08. The molecule has 0 bridgehead atoms. The summed E-state index contributed by atoms with van der Waals surface area (Å²) < 4.78 is 5.43. The molecule has 0 amide bonds. The number of rotatable bonds is 9. The summed E-state index contributed by atoms with van der Waals surface area (Å²) in [7, 11) is 0. The van der Waals surface area contributed by atoms with Gasteiger partial charge in [-0.3, -0.25) is 0 Å². The lowest BCUT2D eigenvalue weighted by atomic mass is 10.1. The third kappa shape index (κ3) is 7.88. The molecule has 2 unspecified atom stereocenters. The van der Waals surface area contributed by atoms with Crippen molar-refractivity contribution in [2.45, 2.75) is 32.5 Å². The molecule has 0 aliphatic heterocycles. The van der Waals surface area contributed by atoms with E-state index in [9.17, 15) is 10.2 Å². The van der Waals surface area contributed by atoms with E-state index in [1.54, 1.807) is 18.2 Å². The molecule has 3 N–H and O–H groups in total. The Labute approximate surface area is 136 Å². The lowest BCUT2D eigenvalue weighted by Gasteiger charge is -2.16. The molecule has 120 valence electrons. The predicted octanol–water partition coefficient (Wildman–Crippen LogP) is 2.73. The second-order valence-corrected chi connectivity index (χ2v) is 6.30. The zero-order valence-corrected chi connectivity index (χ0v) is 13.9. The lowest BCUT2D eigenvalue weighted by molar-refractivity contribution is 0.0966. The first-order valence-corrected chi connectivity index (χ1v) is 7.78. The minimum atomic E-state index is -0.661. The van der Waals surface area contributed by atoms with E-state index in [4.69, 9.17) is 27.9 Å². The minimum absolute atomic E-state index is 0.144. The zero-order chi connectivity index (χ0) is 15.8. The Balaban J connectivity index is 2.21. The van der Waals surface area contributed by atoms with Gasteiger partial charge < -0.3 is 20.3 Å². The summed E-state index contributed by atoms with van der Waals surface area (Å²) in [5, 5.41) is 23.4. The van der Waals surface area contributed by atoms with Gasteiger partial charge in [-0.05, 0) is 24.5 Å². The van der Waals surface area contributed by atoms with E-state index in [1.807, 2.05) is 0 Å². The molecule has 0 radical (unpaired) electrons. The van der Waals surface area contributed by atoms with Gasteiger partial charge in [0.2, 0.25) is 0 Å². The van der Waals surface area contributed by atoms with E-state index in [-0.39, 0.29) is 6.61 Å². The molecule has 1 aromatic rings. The second kappa shape index (κ2) is 9.49. The molecule has 0 saturated carbocycles. The molecule has 0 aliphatic rings. The second-order valence-electron chi connectivity index (χ2n) is 5.48. The predicted molar refractivity (Wildman–Crippen MR) is 86.3 cm³/mol. The summed E-state index contributed by atoms with van der Waals surface area (Å²) in [4.78, 5) is 0. The van der Waals surface area contributed by atoms with E-state index in [0.717, 1.165) is 6.42 Å². The van der Waals surface area contributed by atoms with Gasteiger partial charge >= 0.3 is 0 Å². The highest BCUT2D eigenvalue weighted by atomic mass is 35.5. The van der Waals surface area contributed by atoms with Crippen LogP contribution in [0.3, 0.4) is 0 Å².